The van der Waals surface area contributed by atoms with E-state index in [-0.39, 0.29) is 24.0 Å². The summed E-state index contributed by atoms with van der Waals surface area (Å²) in [6, 6.07) is 7.20. The molecule has 1 aromatic rings. The lowest BCUT2D eigenvalue weighted by molar-refractivity contribution is 0.530. The summed E-state index contributed by atoms with van der Waals surface area (Å²) in [4.78, 5) is 4.67. The van der Waals surface area contributed by atoms with Gasteiger partial charge in [0.2, 0.25) is 0 Å². The van der Waals surface area contributed by atoms with Crippen molar-refractivity contribution in [1.29, 1.82) is 0 Å². The van der Waals surface area contributed by atoms with E-state index in [9.17, 15) is 8.42 Å². The highest BCUT2D eigenvalue weighted by Crippen LogP contribution is 2.17. The monoisotopic (exact) mass is 451 g/mol. The SMILES string of the molecule is CS(=O)(=O)c1ccc(CN=C(N)NC2CCCCCC2)cc1.I. The molecule has 0 spiro atoms. The van der Waals surface area contributed by atoms with Gasteiger partial charge in [-0.05, 0) is 30.5 Å². The van der Waals surface area contributed by atoms with E-state index in [0.29, 0.717) is 23.4 Å². The molecule has 1 aliphatic rings. The van der Waals surface area contributed by atoms with Crippen LogP contribution in [0.2, 0.25) is 0 Å². The number of rotatable bonds is 4. The molecule has 0 heterocycles. The van der Waals surface area contributed by atoms with Crippen LogP contribution in [0, 0.1) is 0 Å². The van der Waals surface area contributed by atoms with Gasteiger partial charge in [-0.25, -0.2) is 13.4 Å². The van der Waals surface area contributed by atoms with E-state index in [1.54, 1.807) is 24.3 Å². The van der Waals surface area contributed by atoms with Crippen molar-refractivity contribution in [3.05, 3.63) is 29.8 Å². The lowest BCUT2D eigenvalue weighted by atomic mass is 10.1. The molecule has 0 aromatic heterocycles. The zero-order valence-corrected chi connectivity index (χ0v) is 16.6. The topological polar surface area (TPSA) is 84.5 Å². The second-order valence-corrected chi connectivity index (χ2v) is 7.97. The van der Waals surface area contributed by atoms with Crippen molar-refractivity contribution in [2.24, 2.45) is 10.7 Å². The van der Waals surface area contributed by atoms with Crippen LogP contribution < -0.4 is 11.1 Å². The van der Waals surface area contributed by atoms with Crippen LogP contribution in [0.3, 0.4) is 0 Å². The van der Waals surface area contributed by atoms with Crippen LogP contribution in [0.5, 0.6) is 0 Å². The Kier molecular flexibility index (Phi) is 8.32. The van der Waals surface area contributed by atoms with Crippen molar-refractivity contribution in [2.45, 2.75) is 56.0 Å². The first kappa shape index (κ1) is 20.2. The van der Waals surface area contributed by atoms with Gasteiger partial charge in [0.25, 0.3) is 0 Å². The van der Waals surface area contributed by atoms with Crippen molar-refractivity contribution in [1.82, 2.24) is 5.32 Å². The normalized spacial score (nSPS) is 17.2. The van der Waals surface area contributed by atoms with Gasteiger partial charge in [0.1, 0.15) is 0 Å². The lowest BCUT2D eigenvalue weighted by Gasteiger charge is -2.16. The van der Waals surface area contributed by atoms with Crippen LogP contribution in [0.4, 0.5) is 0 Å². The fourth-order valence-corrected chi connectivity index (χ4v) is 3.33. The molecule has 1 saturated carbocycles. The summed E-state index contributed by atoms with van der Waals surface area (Å²) in [5.74, 6) is 0.471. The molecular weight excluding hydrogens is 425 g/mol. The standard InChI is InChI=1S/C16H25N3O2S.HI/c1-22(20,21)15-10-8-13(9-11-15)12-18-16(17)19-14-6-4-2-3-5-7-14;/h8-11,14H,2-7,12H2,1H3,(H3,17,18,19);1H. The van der Waals surface area contributed by atoms with Crippen molar-refractivity contribution >= 4 is 39.8 Å². The molecule has 1 aliphatic carbocycles. The third kappa shape index (κ3) is 7.07. The summed E-state index contributed by atoms with van der Waals surface area (Å²) in [6.45, 7) is 0.454. The molecular formula is C16H26IN3O2S. The summed E-state index contributed by atoms with van der Waals surface area (Å²) in [5, 5.41) is 3.30. The molecule has 1 aromatic carbocycles. The molecule has 0 saturated heterocycles. The Morgan fingerprint density at radius 3 is 2.26 bits per heavy atom. The van der Waals surface area contributed by atoms with E-state index in [1.807, 2.05) is 0 Å². The Morgan fingerprint density at radius 1 is 1.17 bits per heavy atom. The highest BCUT2D eigenvalue weighted by atomic mass is 127. The molecule has 130 valence electrons. The second-order valence-electron chi connectivity index (χ2n) is 5.95. The zero-order valence-electron chi connectivity index (χ0n) is 13.5. The Bertz CT molecular complexity index is 607. The summed E-state index contributed by atoms with van der Waals surface area (Å²) in [7, 11) is -3.15. The van der Waals surface area contributed by atoms with Gasteiger partial charge in [0.15, 0.2) is 15.8 Å². The molecule has 2 rings (SSSR count). The predicted octanol–water partition coefficient (Wildman–Crippen LogP) is 2.84. The summed E-state index contributed by atoms with van der Waals surface area (Å²) < 4.78 is 22.8. The number of sulfone groups is 1. The number of nitrogens with one attached hydrogen (secondary N) is 1. The maximum Gasteiger partial charge on any atom is 0.189 e. The number of benzene rings is 1. The molecule has 0 amide bonds. The fourth-order valence-electron chi connectivity index (χ4n) is 2.70. The van der Waals surface area contributed by atoms with Crippen molar-refractivity contribution in [3.8, 4) is 0 Å². The van der Waals surface area contributed by atoms with Crippen LogP contribution in [0.15, 0.2) is 34.2 Å². The first-order chi connectivity index (χ1) is 10.4. The van der Waals surface area contributed by atoms with Crippen LogP contribution in [0.25, 0.3) is 0 Å². The van der Waals surface area contributed by atoms with E-state index >= 15 is 0 Å². The van der Waals surface area contributed by atoms with E-state index < -0.39 is 9.84 Å². The number of hydrogen-bond donors (Lipinski definition) is 2. The number of guanidine groups is 1. The van der Waals surface area contributed by atoms with Crippen LogP contribution in [-0.4, -0.2) is 26.7 Å². The maximum atomic E-state index is 11.4. The number of aliphatic imine (C=N–C) groups is 1. The number of nitrogens with two attached hydrogens (primary N) is 1. The molecule has 3 N–H and O–H groups in total. The lowest BCUT2D eigenvalue weighted by Crippen LogP contribution is -2.39. The largest absolute Gasteiger partial charge is 0.370 e. The highest BCUT2D eigenvalue weighted by molar-refractivity contribution is 14.0. The maximum absolute atomic E-state index is 11.4. The molecule has 0 unspecified atom stereocenters. The molecule has 0 radical (unpaired) electrons. The Hall–Kier alpha value is -0.830. The fraction of sp³-hybridized carbons (Fsp3) is 0.562. The average molecular weight is 451 g/mol. The van der Waals surface area contributed by atoms with Crippen molar-refractivity contribution in [2.75, 3.05) is 6.26 Å². The minimum absolute atomic E-state index is 0. The summed E-state index contributed by atoms with van der Waals surface area (Å²) >= 11 is 0. The molecule has 7 heteroatoms. The average Bonchev–Trinajstić information content (AvgIpc) is 2.73. The first-order valence-corrected chi connectivity index (χ1v) is 9.70. The van der Waals surface area contributed by atoms with E-state index in [4.69, 9.17) is 5.73 Å². The van der Waals surface area contributed by atoms with Crippen molar-refractivity contribution < 1.29 is 8.42 Å². The molecule has 0 atom stereocenters. The van der Waals surface area contributed by atoms with Crippen LogP contribution >= 0.6 is 24.0 Å². The minimum Gasteiger partial charge on any atom is -0.370 e. The van der Waals surface area contributed by atoms with Gasteiger partial charge in [-0.3, -0.25) is 0 Å². The Balaban J connectivity index is 0.00000264. The molecule has 5 nitrogen and oxygen atoms in total. The molecule has 0 aliphatic heterocycles. The number of halogens is 1. The smallest absolute Gasteiger partial charge is 0.189 e. The van der Waals surface area contributed by atoms with E-state index in [2.05, 4.69) is 10.3 Å². The van der Waals surface area contributed by atoms with Gasteiger partial charge in [-0.15, -0.1) is 24.0 Å². The van der Waals surface area contributed by atoms with Crippen LogP contribution in [-0.2, 0) is 16.4 Å². The van der Waals surface area contributed by atoms with Crippen LogP contribution in [0.1, 0.15) is 44.1 Å². The van der Waals surface area contributed by atoms with Gasteiger partial charge in [0.05, 0.1) is 11.4 Å². The van der Waals surface area contributed by atoms with Gasteiger partial charge in [-0.2, -0.15) is 0 Å². The third-order valence-electron chi connectivity index (χ3n) is 3.99. The number of hydrogen-bond acceptors (Lipinski definition) is 3. The van der Waals surface area contributed by atoms with Gasteiger partial charge in [0, 0.05) is 12.3 Å². The van der Waals surface area contributed by atoms with E-state index in [0.717, 1.165) is 18.4 Å². The quantitative estimate of drug-likeness (QED) is 0.319. The van der Waals surface area contributed by atoms with Gasteiger partial charge in [-0.1, -0.05) is 37.8 Å². The van der Waals surface area contributed by atoms with E-state index in [1.165, 1.54) is 31.9 Å². The number of nitrogens with zero attached hydrogens (tertiary/aromatic N) is 1. The summed E-state index contributed by atoms with van der Waals surface area (Å²) in [6.07, 6.45) is 8.62. The second kappa shape index (κ2) is 9.46. The zero-order chi connectivity index (χ0) is 16.0. The Morgan fingerprint density at radius 2 is 1.74 bits per heavy atom. The highest BCUT2D eigenvalue weighted by Gasteiger charge is 2.12. The summed E-state index contributed by atoms with van der Waals surface area (Å²) in [5.41, 5.74) is 6.89. The van der Waals surface area contributed by atoms with Gasteiger partial charge < -0.3 is 11.1 Å². The first-order valence-electron chi connectivity index (χ1n) is 7.80. The Labute approximate surface area is 156 Å². The molecule has 23 heavy (non-hydrogen) atoms. The minimum atomic E-state index is -3.15. The predicted molar refractivity (Wildman–Crippen MR) is 105 cm³/mol. The molecule has 1 fully saturated rings. The molecule has 0 bridgehead atoms. The van der Waals surface area contributed by atoms with Gasteiger partial charge >= 0.3 is 0 Å². The van der Waals surface area contributed by atoms with Crippen molar-refractivity contribution in [3.63, 3.8) is 0 Å². The third-order valence-corrected chi connectivity index (χ3v) is 5.12.